The van der Waals surface area contributed by atoms with E-state index in [0.29, 0.717) is 31.4 Å². The van der Waals surface area contributed by atoms with Gasteiger partial charge < -0.3 is 15.4 Å². The lowest BCUT2D eigenvalue weighted by Gasteiger charge is -2.11. The quantitative estimate of drug-likeness (QED) is 0.370. The number of methoxy groups -OCH3 is 1. The highest BCUT2D eigenvalue weighted by Gasteiger charge is 2.18. The van der Waals surface area contributed by atoms with E-state index in [1.807, 2.05) is 30.3 Å². The number of benzene rings is 2. The van der Waals surface area contributed by atoms with Crippen LogP contribution in [0.3, 0.4) is 0 Å². The molecule has 2 aromatic carbocycles. The largest absolute Gasteiger partial charge is 0.465 e. The summed E-state index contributed by atoms with van der Waals surface area (Å²) in [4.78, 5) is 13.1. The number of esters is 1. The SMILES string of the molecule is COC(=O)c1cc(-c2ccccc2)sc1NC(=S)Nc1ccc(Cl)c(Cl)c1. The van der Waals surface area contributed by atoms with Crippen molar-refractivity contribution in [3.63, 3.8) is 0 Å². The van der Waals surface area contributed by atoms with Crippen LogP contribution >= 0.6 is 46.8 Å². The zero-order valence-corrected chi connectivity index (χ0v) is 17.2. The van der Waals surface area contributed by atoms with E-state index in [4.69, 9.17) is 40.2 Å². The van der Waals surface area contributed by atoms with Gasteiger partial charge in [-0.05, 0) is 42.0 Å². The molecule has 0 unspecified atom stereocenters. The second-order valence-corrected chi connectivity index (χ2v) is 7.69. The van der Waals surface area contributed by atoms with Crippen molar-refractivity contribution < 1.29 is 9.53 Å². The highest BCUT2D eigenvalue weighted by atomic mass is 35.5. The summed E-state index contributed by atoms with van der Waals surface area (Å²) in [6.07, 6.45) is 0. The third-order valence-corrected chi connectivity index (χ3v) is 5.64. The third kappa shape index (κ3) is 4.78. The number of thiophene rings is 1. The van der Waals surface area contributed by atoms with Crippen molar-refractivity contribution >= 4 is 68.5 Å². The van der Waals surface area contributed by atoms with Gasteiger partial charge in [0.1, 0.15) is 5.00 Å². The summed E-state index contributed by atoms with van der Waals surface area (Å²) in [5.41, 5.74) is 2.10. The molecule has 0 fully saturated rings. The predicted octanol–water partition coefficient (Wildman–Crippen LogP) is 6.32. The van der Waals surface area contributed by atoms with Crippen LogP contribution in [0.15, 0.2) is 54.6 Å². The smallest absolute Gasteiger partial charge is 0.340 e. The maximum Gasteiger partial charge on any atom is 0.340 e. The summed E-state index contributed by atoms with van der Waals surface area (Å²) in [6.45, 7) is 0. The molecular formula is C19H14Cl2N2O2S2. The lowest BCUT2D eigenvalue weighted by Crippen LogP contribution is -2.19. The van der Waals surface area contributed by atoms with Crippen LogP contribution in [0.5, 0.6) is 0 Å². The molecule has 2 N–H and O–H groups in total. The minimum Gasteiger partial charge on any atom is -0.465 e. The summed E-state index contributed by atoms with van der Waals surface area (Å²) in [5.74, 6) is -0.437. The molecule has 0 aliphatic carbocycles. The Labute approximate surface area is 176 Å². The van der Waals surface area contributed by atoms with Crippen molar-refractivity contribution in [2.24, 2.45) is 0 Å². The van der Waals surface area contributed by atoms with Crippen LogP contribution in [0.25, 0.3) is 10.4 Å². The van der Waals surface area contributed by atoms with Gasteiger partial charge in [0.05, 0.1) is 22.7 Å². The molecule has 0 saturated carbocycles. The molecule has 1 heterocycles. The van der Waals surface area contributed by atoms with Gasteiger partial charge in [0.15, 0.2) is 5.11 Å². The number of anilines is 2. The van der Waals surface area contributed by atoms with E-state index >= 15 is 0 Å². The highest BCUT2D eigenvalue weighted by Crippen LogP contribution is 2.36. The molecule has 1 aromatic heterocycles. The molecule has 0 spiro atoms. The molecule has 0 aliphatic heterocycles. The maximum absolute atomic E-state index is 12.1. The fourth-order valence-corrected chi connectivity index (χ4v) is 3.97. The molecule has 8 heteroatoms. The lowest BCUT2D eigenvalue weighted by molar-refractivity contribution is 0.0602. The Hall–Kier alpha value is -2.12. The summed E-state index contributed by atoms with van der Waals surface area (Å²) in [5, 5.41) is 7.88. The maximum atomic E-state index is 12.1. The van der Waals surface area contributed by atoms with Crippen molar-refractivity contribution in [3.05, 3.63) is 70.2 Å². The zero-order valence-electron chi connectivity index (χ0n) is 14.1. The van der Waals surface area contributed by atoms with E-state index in [-0.39, 0.29) is 0 Å². The number of nitrogens with one attached hydrogen (secondary N) is 2. The standard InChI is InChI=1S/C19H14Cl2N2O2S2/c1-25-18(24)13-10-16(11-5-3-2-4-6-11)27-17(13)23-19(26)22-12-7-8-14(20)15(21)9-12/h2-10H,1H3,(H2,22,23,26). The van der Waals surface area contributed by atoms with Crippen molar-refractivity contribution in [1.82, 2.24) is 0 Å². The van der Waals surface area contributed by atoms with Gasteiger partial charge in [-0.2, -0.15) is 0 Å². The Kier molecular flexibility index (Phi) is 6.34. The molecular weight excluding hydrogens is 423 g/mol. The average Bonchev–Trinajstić information content (AvgIpc) is 3.08. The van der Waals surface area contributed by atoms with Crippen LogP contribution in [0.4, 0.5) is 10.7 Å². The molecule has 4 nitrogen and oxygen atoms in total. The van der Waals surface area contributed by atoms with Crippen LogP contribution < -0.4 is 10.6 Å². The van der Waals surface area contributed by atoms with Crippen LogP contribution in [-0.4, -0.2) is 18.2 Å². The summed E-state index contributed by atoms with van der Waals surface area (Å²) in [7, 11) is 1.35. The van der Waals surface area contributed by atoms with E-state index in [0.717, 1.165) is 10.4 Å². The zero-order chi connectivity index (χ0) is 19.4. The number of carbonyl (C=O) groups excluding carboxylic acids is 1. The number of hydrogen-bond donors (Lipinski definition) is 2. The molecule has 3 rings (SSSR count). The Morgan fingerprint density at radius 2 is 1.78 bits per heavy atom. The molecule has 27 heavy (non-hydrogen) atoms. The highest BCUT2D eigenvalue weighted by molar-refractivity contribution is 7.80. The normalized spacial score (nSPS) is 10.3. The van der Waals surface area contributed by atoms with Gasteiger partial charge >= 0.3 is 5.97 Å². The average molecular weight is 437 g/mol. The Bertz CT molecular complexity index is 991. The van der Waals surface area contributed by atoms with Gasteiger partial charge in [0.2, 0.25) is 0 Å². The number of carbonyl (C=O) groups is 1. The fraction of sp³-hybridized carbons (Fsp3) is 0.0526. The van der Waals surface area contributed by atoms with Crippen molar-refractivity contribution in [1.29, 1.82) is 0 Å². The molecule has 3 aromatic rings. The lowest BCUT2D eigenvalue weighted by atomic mass is 10.1. The third-order valence-electron chi connectivity index (χ3n) is 3.60. The molecule has 0 amide bonds. The fourth-order valence-electron chi connectivity index (χ4n) is 2.33. The van der Waals surface area contributed by atoms with Gasteiger partial charge in [-0.25, -0.2) is 4.79 Å². The molecule has 0 aliphatic rings. The molecule has 0 atom stereocenters. The summed E-state index contributed by atoms with van der Waals surface area (Å²) in [6, 6.07) is 16.7. The number of rotatable bonds is 4. The minimum absolute atomic E-state index is 0.319. The van der Waals surface area contributed by atoms with Crippen molar-refractivity contribution in [2.75, 3.05) is 17.7 Å². The van der Waals surface area contributed by atoms with Crippen molar-refractivity contribution in [3.8, 4) is 10.4 Å². The van der Waals surface area contributed by atoms with Crippen LogP contribution in [0, 0.1) is 0 Å². The Balaban J connectivity index is 1.84. The van der Waals surface area contributed by atoms with E-state index in [1.54, 1.807) is 24.3 Å². The number of ether oxygens (including phenoxy) is 1. The first-order valence-corrected chi connectivity index (χ1v) is 9.76. The first-order chi connectivity index (χ1) is 13.0. The van der Waals surface area contributed by atoms with Gasteiger partial charge in [0.25, 0.3) is 0 Å². The summed E-state index contributed by atoms with van der Waals surface area (Å²) >= 11 is 18.7. The van der Waals surface area contributed by atoms with Gasteiger partial charge in [0, 0.05) is 10.6 Å². The van der Waals surface area contributed by atoms with E-state index in [9.17, 15) is 4.79 Å². The monoisotopic (exact) mass is 436 g/mol. The minimum atomic E-state index is -0.437. The van der Waals surface area contributed by atoms with Crippen molar-refractivity contribution in [2.45, 2.75) is 0 Å². The van der Waals surface area contributed by atoms with E-state index < -0.39 is 5.97 Å². The van der Waals surface area contributed by atoms with E-state index in [2.05, 4.69) is 10.6 Å². The van der Waals surface area contributed by atoms with E-state index in [1.165, 1.54) is 18.4 Å². The van der Waals surface area contributed by atoms with Crippen LogP contribution in [0.1, 0.15) is 10.4 Å². The number of thiocarbonyl (C=S) groups is 1. The number of hydrogen-bond acceptors (Lipinski definition) is 4. The number of halogens is 2. The predicted molar refractivity (Wildman–Crippen MR) is 117 cm³/mol. The first-order valence-electron chi connectivity index (χ1n) is 7.78. The molecule has 138 valence electrons. The second-order valence-electron chi connectivity index (χ2n) is 5.42. The van der Waals surface area contributed by atoms with Crippen LogP contribution in [0.2, 0.25) is 10.0 Å². The van der Waals surface area contributed by atoms with Gasteiger partial charge in [-0.3, -0.25) is 0 Å². The Morgan fingerprint density at radius 3 is 2.44 bits per heavy atom. The van der Waals surface area contributed by atoms with Gasteiger partial charge in [-0.1, -0.05) is 53.5 Å². The van der Waals surface area contributed by atoms with Gasteiger partial charge in [-0.15, -0.1) is 11.3 Å². The summed E-state index contributed by atoms with van der Waals surface area (Å²) < 4.78 is 4.89. The molecule has 0 bridgehead atoms. The van der Waals surface area contributed by atoms with Crippen LogP contribution in [-0.2, 0) is 4.74 Å². The topological polar surface area (TPSA) is 50.4 Å². The second kappa shape index (κ2) is 8.71. The first kappa shape index (κ1) is 19.6. The molecule has 0 saturated heterocycles. The molecule has 0 radical (unpaired) electrons. The Morgan fingerprint density at radius 1 is 1.04 bits per heavy atom.